The van der Waals surface area contributed by atoms with Crippen LogP contribution in [-0.2, 0) is 4.79 Å². The van der Waals surface area contributed by atoms with Gasteiger partial charge in [-0.05, 0) is 25.2 Å². The van der Waals surface area contributed by atoms with Gasteiger partial charge in [-0.1, -0.05) is 6.92 Å². The lowest BCUT2D eigenvalue weighted by Crippen LogP contribution is -2.35. The van der Waals surface area contributed by atoms with Gasteiger partial charge >= 0.3 is 0 Å². The van der Waals surface area contributed by atoms with Crippen LogP contribution in [-0.4, -0.2) is 46.1 Å². The van der Waals surface area contributed by atoms with Gasteiger partial charge in [-0.15, -0.1) is 0 Å². The van der Waals surface area contributed by atoms with E-state index in [0.717, 1.165) is 38.1 Å². The molecule has 0 aromatic carbocycles. The molecule has 1 aliphatic heterocycles. The maximum absolute atomic E-state index is 12.0. The number of thioether (sulfide) groups is 1. The molecule has 1 amide bonds. The highest BCUT2D eigenvalue weighted by Gasteiger charge is 2.32. The number of carbonyl (C=O) groups excluding carboxylic acids is 1. The quantitative estimate of drug-likeness (QED) is 0.816. The van der Waals surface area contributed by atoms with E-state index in [0.29, 0.717) is 17.6 Å². The molecule has 2 unspecified atom stereocenters. The van der Waals surface area contributed by atoms with Gasteiger partial charge in [0.2, 0.25) is 5.91 Å². The van der Waals surface area contributed by atoms with Crippen LogP contribution in [0.1, 0.15) is 32.6 Å². The SMILES string of the molecule is CC1CCN(C(=O)CC(O)C2CC2)CCS1. The van der Waals surface area contributed by atoms with Crippen LogP contribution in [0.2, 0.25) is 0 Å². The van der Waals surface area contributed by atoms with Crippen molar-refractivity contribution < 1.29 is 9.90 Å². The Morgan fingerprint density at radius 1 is 1.44 bits per heavy atom. The third-order valence-corrected chi connectivity index (χ3v) is 4.69. The highest BCUT2D eigenvalue weighted by atomic mass is 32.2. The third kappa shape index (κ3) is 3.39. The van der Waals surface area contributed by atoms with Crippen molar-refractivity contribution in [1.82, 2.24) is 4.90 Å². The highest BCUT2D eigenvalue weighted by Crippen LogP contribution is 2.34. The summed E-state index contributed by atoms with van der Waals surface area (Å²) in [5.74, 6) is 1.59. The van der Waals surface area contributed by atoms with E-state index in [1.807, 2.05) is 16.7 Å². The second-order valence-corrected chi connectivity index (χ2v) is 6.51. The normalized spacial score (nSPS) is 28.6. The number of aliphatic hydroxyl groups is 1. The Bertz CT molecular complexity index is 255. The number of hydrogen-bond donors (Lipinski definition) is 1. The minimum Gasteiger partial charge on any atom is -0.392 e. The standard InChI is InChI=1S/C12H21NO2S/c1-9-4-5-13(6-7-16-9)12(15)8-11(14)10-2-3-10/h9-11,14H,2-8H2,1H3. The lowest BCUT2D eigenvalue weighted by atomic mass is 10.1. The average Bonchev–Trinajstić information content (AvgIpc) is 3.03. The summed E-state index contributed by atoms with van der Waals surface area (Å²) in [4.78, 5) is 13.9. The first kappa shape index (κ1) is 12.2. The number of amides is 1. The van der Waals surface area contributed by atoms with Gasteiger partial charge in [-0.25, -0.2) is 0 Å². The van der Waals surface area contributed by atoms with Crippen molar-refractivity contribution in [2.24, 2.45) is 5.92 Å². The Morgan fingerprint density at radius 2 is 2.19 bits per heavy atom. The lowest BCUT2D eigenvalue weighted by Gasteiger charge is -2.21. The molecule has 16 heavy (non-hydrogen) atoms. The zero-order valence-electron chi connectivity index (χ0n) is 9.89. The fourth-order valence-corrected chi connectivity index (χ4v) is 3.10. The summed E-state index contributed by atoms with van der Waals surface area (Å²) < 4.78 is 0. The van der Waals surface area contributed by atoms with E-state index in [1.54, 1.807) is 0 Å². The van der Waals surface area contributed by atoms with E-state index < -0.39 is 0 Å². The van der Waals surface area contributed by atoms with Crippen molar-refractivity contribution in [1.29, 1.82) is 0 Å². The molecular formula is C12H21NO2S. The largest absolute Gasteiger partial charge is 0.392 e. The smallest absolute Gasteiger partial charge is 0.225 e. The molecule has 1 saturated carbocycles. The number of rotatable bonds is 3. The molecule has 0 bridgehead atoms. The topological polar surface area (TPSA) is 40.5 Å². The van der Waals surface area contributed by atoms with Crippen LogP contribution in [0.5, 0.6) is 0 Å². The predicted molar refractivity (Wildman–Crippen MR) is 66.5 cm³/mol. The monoisotopic (exact) mass is 243 g/mol. The molecule has 4 heteroatoms. The van der Waals surface area contributed by atoms with E-state index in [4.69, 9.17) is 0 Å². The lowest BCUT2D eigenvalue weighted by molar-refractivity contribution is -0.133. The molecule has 2 fully saturated rings. The van der Waals surface area contributed by atoms with E-state index in [1.165, 1.54) is 0 Å². The Kier molecular flexibility index (Phi) is 4.14. The van der Waals surface area contributed by atoms with Gasteiger partial charge in [0.15, 0.2) is 0 Å². The summed E-state index contributed by atoms with van der Waals surface area (Å²) in [6.45, 7) is 3.94. The van der Waals surface area contributed by atoms with E-state index in [9.17, 15) is 9.90 Å². The van der Waals surface area contributed by atoms with Crippen LogP contribution >= 0.6 is 11.8 Å². The predicted octanol–water partition coefficient (Wildman–Crippen LogP) is 1.50. The molecule has 3 nitrogen and oxygen atoms in total. The Balaban J connectivity index is 1.78. The minimum absolute atomic E-state index is 0.147. The molecule has 92 valence electrons. The van der Waals surface area contributed by atoms with Crippen LogP contribution in [0.3, 0.4) is 0 Å². The summed E-state index contributed by atoms with van der Waals surface area (Å²) in [5.41, 5.74) is 0. The van der Waals surface area contributed by atoms with E-state index in [-0.39, 0.29) is 12.0 Å². The Morgan fingerprint density at radius 3 is 2.88 bits per heavy atom. The Hall–Kier alpha value is -0.220. The van der Waals surface area contributed by atoms with Gasteiger partial charge in [0.1, 0.15) is 0 Å². The number of hydrogen-bond acceptors (Lipinski definition) is 3. The first-order valence-corrected chi connectivity index (χ1v) is 7.29. The fourth-order valence-electron chi connectivity index (χ4n) is 2.10. The van der Waals surface area contributed by atoms with Gasteiger partial charge < -0.3 is 10.0 Å². The molecule has 2 rings (SSSR count). The van der Waals surface area contributed by atoms with Crippen molar-refractivity contribution >= 4 is 17.7 Å². The molecule has 0 radical (unpaired) electrons. The van der Waals surface area contributed by atoms with Crippen molar-refractivity contribution in [3.8, 4) is 0 Å². The highest BCUT2D eigenvalue weighted by molar-refractivity contribution is 7.99. The zero-order chi connectivity index (χ0) is 11.5. The summed E-state index contributed by atoms with van der Waals surface area (Å²) in [6, 6.07) is 0. The van der Waals surface area contributed by atoms with Crippen molar-refractivity contribution in [2.75, 3.05) is 18.8 Å². The van der Waals surface area contributed by atoms with Gasteiger partial charge in [0.25, 0.3) is 0 Å². The summed E-state index contributed by atoms with van der Waals surface area (Å²) in [7, 11) is 0. The van der Waals surface area contributed by atoms with Crippen molar-refractivity contribution in [3.05, 3.63) is 0 Å². The molecule has 2 aliphatic rings. The van der Waals surface area contributed by atoms with Gasteiger partial charge in [-0.3, -0.25) is 4.79 Å². The minimum atomic E-state index is -0.388. The Labute approximate surface area is 102 Å². The van der Waals surface area contributed by atoms with Gasteiger partial charge in [0, 0.05) is 24.1 Å². The first-order valence-electron chi connectivity index (χ1n) is 6.24. The van der Waals surface area contributed by atoms with Crippen LogP contribution in [0, 0.1) is 5.92 Å². The molecule has 1 saturated heterocycles. The molecule has 1 heterocycles. The van der Waals surface area contributed by atoms with Crippen LogP contribution in [0.4, 0.5) is 0 Å². The zero-order valence-corrected chi connectivity index (χ0v) is 10.7. The summed E-state index contributed by atoms with van der Waals surface area (Å²) >= 11 is 1.94. The molecule has 1 N–H and O–H groups in total. The number of carbonyl (C=O) groups is 1. The van der Waals surface area contributed by atoms with Gasteiger partial charge in [-0.2, -0.15) is 11.8 Å². The fraction of sp³-hybridized carbons (Fsp3) is 0.917. The average molecular weight is 243 g/mol. The second-order valence-electron chi connectivity index (χ2n) is 4.96. The van der Waals surface area contributed by atoms with Crippen LogP contribution < -0.4 is 0 Å². The molecule has 0 aromatic heterocycles. The maximum atomic E-state index is 12.0. The van der Waals surface area contributed by atoms with E-state index >= 15 is 0 Å². The molecule has 0 spiro atoms. The summed E-state index contributed by atoms with van der Waals surface area (Å²) in [5, 5.41) is 10.4. The third-order valence-electron chi connectivity index (χ3n) is 3.47. The van der Waals surface area contributed by atoms with Crippen LogP contribution in [0.15, 0.2) is 0 Å². The number of nitrogens with zero attached hydrogens (tertiary/aromatic N) is 1. The first-order chi connectivity index (χ1) is 7.66. The summed E-state index contributed by atoms with van der Waals surface area (Å²) in [6.07, 6.45) is 3.23. The molecule has 2 atom stereocenters. The van der Waals surface area contributed by atoms with Gasteiger partial charge in [0.05, 0.1) is 12.5 Å². The van der Waals surface area contributed by atoms with Crippen molar-refractivity contribution in [2.45, 2.75) is 44.0 Å². The maximum Gasteiger partial charge on any atom is 0.225 e. The second kappa shape index (κ2) is 5.41. The number of aliphatic hydroxyl groups excluding tert-OH is 1. The molecular weight excluding hydrogens is 222 g/mol. The van der Waals surface area contributed by atoms with Crippen molar-refractivity contribution in [3.63, 3.8) is 0 Å². The van der Waals surface area contributed by atoms with Crippen LogP contribution in [0.25, 0.3) is 0 Å². The van der Waals surface area contributed by atoms with E-state index in [2.05, 4.69) is 6.92 Å². The molecule has 0 aromatic rings. The molecule has 1 aliphatic carbocycles.